The minimum absolute atomic E-state index is 0.348. The number of aromatic nitrogens is 1. The fraction of sp³-hybridized carbons (Fsp3) is 0. The van der Waals surface area contributed by atoms with Crippen LogP contribution in [0.4, 0.5) is 10.1 Å². The molecule has 2 nitrogen and oxygen atoms in total. The lowest BCUT2D eigenvalue weighted by Gasteiger charge is -1.99. The summed E-state index contributed by atoms with van der Waals surface area (Å²) in [4.78, 5) is 3.98. The molecule has 0 radical (unpaired) electrons. The van der Waals surface area contributed by atoms with Gasteiger partial charge in [-0.05, 0) is 18.2 Å². The van der Waals surface area contributed by atoms with E-state index in [1.54, 1.807) is 12.3 Å². The molecule has 0 saturated heterocycles. The molecule has 1 heterocycles. The number of anilines is 1. The third-order valence-electron chi connectivity index (χ3n) is 1.72. The fourth-order valence-corrected chi connectivity index (χ4v) is 1.18. The number of hydrogen-bond acceptors (Lipinski definition) is 2. The molecule has 0 aliphatic rings. The third-order valence-corrected chi connectivity index (χ3v) is 1.72. The maximum absolute atomic E-state index is 12.8. The van der Waals surface area contributed by atoms with Crippen LogP contribution in [0, 0.1) is 5.82 Å². The highest BCUT2D eigenvalue weighted by molar-refractivity contribution is 5.89. The molecule has 12 heavy (non-hydrogen) atoms. The summed E-state index contributed by atoms with van der Waals surface area (Å²) in [5.74, 6) is -0.348. The van der Waals surface area contributed by atoms with Gasteiger partial charge in [0.05, 0.1) is 5.52 Å². The minimum Gasteiger partial charge on any atom is -0.398 e. The van der Waals surface area contributed by atoms with Crippen molar-refractivity contribution in [3.8, 4) is 0 Å². The van der Waals surface area contributed by atoms with Crippen LogP contribution in [0.2, 0.25) is 0 Å². The molecule has 0 aliphatic heterocycles. The van der Waals surface area contributed by atoms with E-state index in [0.717, 1.165) is 5.39 Å². The number of pyridine rings is 1. The first-order valence-electron chi connectivity index (χ1n) is 3.57. The predicted molar refractivity (Wildman–Crippen MR) is 46.1 cm³/mol. The standard InChI is InChI=1S/C9H7FN2/c10-6-4-8(11)7-2-1-3-12-9(7)5-6/h1-5H,11H2. The number of nitrogens with two attached hydrogens (primary N) is 1. The van der Waals surface area contributed by atoms with Gasteiger partial charge in [0.15, 0.2) is 0 Å². The Bertz CT molecular complexity index is 426. The van der Waals surface area contributed by atoms with Crippen LogP contribution in [0.25, 0.3) is 10.9 Å². The number of rotatable bonds is 0. The quantitative estimate of drug-likeness (QED) is 0.601. The van der Waals surface area contributed by atoms with Crippen molar-refractivity contribution in [1.29, 1.82) is 0 Å². The Morgan fingerprint density at radius 2 is 2.17 bits per heavy atom. The van der Waals surface area contributed by atoms with Gasteiger partial charge in [-0.15, -0.1) is 0 Å². The van der Waals surface area contributed by atoms with Gasteiger partial charge in [-0.2, -0.15) is 0 Å². The molecule has 0 amide bonds. The van der Waals surface area contributed by atoms with Crippen molar-refractivity contribution < 1.29 is 4.39 Å². The van der Waals surface area contributed by atoms with E-state index in [1.165, 1.54) is 12.1 Å². The Morgan fingerprint density at radius 1 is 1.33 bits per heavy atom. The van der Waals surface area contributed by atoms with E-state index >= 15 is 0 Å². The molecule has 0 aliphatic carbocycles. The lowest BCUT2D eigenvalue weighted by Crippen LogP contribution is -1.89. The number of nitrogen functional groups attached to an aromatic ring is 1. The third kappa shape index (κ3) is 0.993. The molecule has 2 rings (SSSR count). The van der Waals surface area contributed by atoms with Gasteiger partial charge in [0.2, 0.25) is 0 Å². The van der Waals surface area contributed by atoms with Gasteiger partial charge in [-0.3, -0.25) is 4.98 Å². The van der Waals surface area contributed by atoms with Gasteiger partial charge >= 0.3 is 0 Å². The molecular weight excluding hydrogens is 155 g/mol. The summed E-state index contributed by atoms with van der Waals surface area (Å²) in [6.45, 7) is 0. The summed E-state index contributed by atoms with van der Waals surface area (Å²) in [6.07, 6.45) is 1.61. The topological polar surface area (TPSA) is 38.9 Å². The zero-order valence-electron chi connectivity index (χ0n) is 6.29. The van der Waals surface area contributed by atoms with E-state index in [4.69, 9.17) is 5.73 Å². The SMILES string of the molecule is Nc1cc(F)cc2ncccc12. The second-order valence-corrected chi connectivity index (χ2v) is 2.57. The lowest BCUT2D eigenvalue weighted by molar-refractivity contribution is 0.630. The number of nitrogens with zero attached hydrogens (tertiary/aromatic N) is 1. The highest BCUT2D eigenvalue weighted by Gasteiger charge is 2.00. The van der Waals surface area contributed by atoms with E-state index < -0.39 is 0 Å². The Hall–Kier alpha value is -1.64. The van der Waals surface area contributed by atoms with E-state index in [0.29, 0.717) is 11.2 Å². The van der Waals surface area contributed by atoms with E-state index in [1.807, 2.05) is 6.07 Å². The van der Waals surface area contributed by atoms with Crippen LogP contribution in [-0.2, 0) is 0 Å². The van der Waals surface area contributed by atoms with Crippen LogP contribution in [0.5, 0.6) is 0 Å². The monoisotopic (exact) mass is 162 g/mol. The maximum Gasteiger partial charge on any atom is 0.127 e. The molecule has 1 aromatic carbocycles. The van der Waals surface area contributed by atoms with Gasteiger partial charge in [0, 0.05) is 23.3 Å². The van der Waals surface area contributed by atoms with E-state index in [-0.39, 0.29) is 5.82 Å². The minimum atomic E-state index is -0.348. The zero-order chi connectivity index (χ0) is 8.55. The largest absolute Gasteiger partial charge is 0.398 e. The number of halogens is 1. The van der Waals surface area contributed by atoms with Gasteiger partial charge in [0.25, 0.3) is 0 Å². The second kappa shape index (κ2) is 2.44. The molecule has 60 valence electrons. The Labute approximate surface area is 68.8 Å². The fourth-order valence-electron chi connectivity index (χ4n) is 1.18. The molecule has 0 spiro atoms. The van der Waals surface area contributed by atoms with Crippen molar-refractivity contribution in [2.75, 3.05) is 5.73 Å². The molecule has 0 fully saturated rings. The van der Waals surface area contributed by atoms with Crippen molar-refractivity contribution in [3.63, 3.8) is 0 Å². The zero-order valence-corrected chi connectivity index (χ0v) is 6.29. The maximum atomic E-state index is 12.8. The van der Waals surface area contributed by atoms with Crippen LogP contribution in [0.3, 0.4) is 0 Å². The first-order chi connectivity index (χ1) is 5.77. The van der Waals surface area contributed by atoms with Gasteiger partial charge in [-0.25, -0.2) is 4.39 Å². The summed E-state index contributed by atoms with van der Waals surface area (Å²) in [5.41, 5.74) is 6.60. The van der Waals surface area contributed by atoms with Crippen LogP contribution >= 0.6 is 0 Å². The summed E-state index contributed by atoms with van der Waals surface area (Å²) in [5, 5.41) is 0.791. The second-order valence-electron chi connectivity index (χ2n) is 2.57. The molecule has 0 bridgehead atoms. The number of fused-ring (bicyclic) bond motifs is 1. The molecular formula is C9H7FN2. The van der Waals surface area contributed by atoms with Crippen molar-refractivity contribution >= 4 is 16.6 Å². The Balaban J connectivity index is 2.89. The summed E-state index contributed by atoms with van der Waals surface area (Å²) in [7, 11) is 0. The van der Waals surface area contributed by atoms with Crippen LogP contribution in [-0.4, -0.2) is 4.98 Å². The average Bonchev–Trinajstić information content (AvgIpc) is 2.04. The molecule has 0 atom stereocenters. The molecule has 0 unspecified atom stereocenters. The normalized spacial score (nSPS) is 10.4. The average molecular weight is 162 g/mol. The first kappa shape index (κ1) is 7.03. The molecule has 2 aromatic rings. The lowest BCUT2D eigenvalue weighted by atomic mass is 10.2. The van der Waals surface area contributed by atoms with E-state index in [2.05, 4.69) is 4.98 Å². The Morgan fingerprint density at radius 3 is 3.00 bits per heavy atom. The Kier molecular flexibility index (Phi) is 1.43. The van der Waals surface area contributed by atoms with Crippen LogP contribution < -0.4 is 5.73 Å². The molecule has 3 heteroatoms. The van der Waals surface area contributed by atoms with Crippen molar-refractivity contribution in [2.24, 2.45) is 0 Å². The van der Waals surface area contributed by atoms with Crippen molar-refractivity contribution in [3.05, 3.63) is 36.3 Å². The summed E-state index contributed by atoms with van der Waals surface area (Å²) >= 11 is 0. The predicted octanol–water partition coefficient (Wildman–Crippen LogP) is 1.96. The van der Waals surface area contributed by atoms with Gasteiger partial charge in [0.1, 0.15) is 5.82 Å². The smallest absolute Gasteiger partial charge is 0.127 e. The summed E-state index contributed by atoms with van der Waals surface area (Å²) in [6, 6.07) is 6.25. The number of hydrogen-bond donors (Lipinski definition) is 1. The van der Waals surface area contributed by atoms with Crippen molar-refractivity contribution in [2.45, 2.75) is 0 Å². The van der Waals surface area contributed by atoms with Gasteiger partial charge in [-0.1, -0.05) is 0 Å². The van der Waals surface area contributed by atoms with Crippen molar-refractivity contribution in [1.82, 2.24) is 4.98 Å². The summed E-state index contributed by atoms with van der Waals surface area (Å²) < 4.78 is 12.8. The molecule has 0 saturated carbocycles. The number of benzene rings is 1. The van der Waals surface area contributed by atoms with Crippen LogP contribution in [0.15, 0.2) is 30.5 Å². The molecule has 1 aromatic heterocycles. The first-order valence-corrected chi connectivity index (χ1v) is 3.57. The van der Waals surface area contributed by atoms with Crippen LogP contribution in [0.1, 0.15) is 0 Å². The highest BCUT2D eigenvalue weighted by atomic mass is 19.1. The molecule has 2 N–H and O–H groups in total. The van der Waals surface area contributed by atoms with Gasteiger partial charge < -0.3 is 5.73 Å². The van der Waals surface area contributed by atoms with E-state index in [9.17, 15) is 4.39 Å². The highest BCUT2D eigenvalue weighted by Crippen LogP contribution is 2.19.